The lowest BCUT2D eigenvalue weighted by molar-refractivity contribution is -0.137. The lowest BCUT2D eigenvalue weighted by Crippen LogP contribution is -2.16. The van der Waals surface area contributed by atoms with Gasteiger partial charge in [0.25, 0.3) is 6.43 Å². The Hall–Kier alpha value is -1.79. The first kappa shape index (κ1) is 14.3. The molecule has 0 unspecified atom stereocenters. The Morgan fingerprint density at radius 1 is 1.17 bits per heavy atom. The number of alkyl halides is 5. The molecule has 1 aromatic carbocycles. The molecule has 98 valence electrons. The van der Waals surface area contributed by atoms with E-state index < -0.39 is 41.7 Å². The van der Waals surface area contributed by atoms with E-state index in [-0.39, 0.29) is 0 Å². The highest BCUT2D eigenvalue weighted by molar-refractivity contribution is 6.08. The average Bonchev–Trinajstić information content (AvgIpc) is 2.27. The van der Waals surface area contributed by atoms with Crippen molar-refractivity contribution in [2.45, 2.75) is 19.0 Å². The Morgan fingerprint density at radius 2 is 1.78 bits per heavy atom. The summed E-state index contributed by atoms with van der Waals surface area (Å²) in [5, 5.41) is 0. The second-order valence-electron chi connectivity index (χ2n) is 3.45. The van der Waals surface area contributed by atoms with Crippen LogP contribution in [0.25, 0.3) is 0 Å². The van der Waals surface area contributed by atoms with E-state index in [0.29, 0.717) is 6.07 Å². The van der Waals surface area contributed by atoms with E-state index in [1.54, 1.807) is 0 Å². The van der Waals surface area contributed by atoms with Gasteiger partial charge in [-0.15, -0.1) is 0 Å². The van der Waals surface area contributed by atoms with Crippen molar-refractivity contribution in [3.05, 3.63) is 35.4 Å². The van der Waals surface area contributed by atoms with E-state index >= 15 is 0 Å². The van der Waals surface area contributed by atoms with Crippen molar-refractivity contribution >= 4 is 11.6 Å². The SMILES string of the molecule is O=C(CC(=O)C(F)F)c1cccc(C(F)(F)F)c1. The molecule has 0 saturated heterocycles. The lowest BCUT2D eigenvalue weighted by Gasteiger charge is -2.07. The second-order valence-corrected chi connectivity index (χ2v) is 3.45. The van der Waals surface area contributed by atoms with Gasteiger partial charge in [0.15, 0.2) is 5.78 Å². The van der Waals surface area contributed by atoms with Gasteiger partial charge in [0.2, 0.25) is 5.78 Å². The van der Waals surface area contributed by atoms with E-state index in [1.165, 1.54) is 0 Å². The number of hydrogen-bond acceptors (Lipinski definition) is 2. The number of ketones is 2. The number of Topliss-reactive ketones (excluding diaryl/α,β-unsaturated/α-hetero) is 2. The molecule has 0 bridgehead atoms. The standard InChI is InChI=1S/C11H7F5O2/c12-10(13)9(18)5-8(17)6-2-1-3-7(4-6)11(14,15)16/h1-4,10H,5H2. The Labute approximate surface area is 98.4 Å². The molecule has 0 atom stereocenters. The summed E-state index contributed by atoms with van der Waals surface area (Å²) < 4.78 is 60.8. The fourth-order valence-corrected chi connectivity index (χ4v) is 1.21. The van der Waals surface area contributed by atoms with Crippen molar-refractivity contribution in [2.24, 2.45) is 0 Å². The predicted octanol–water partition coefficient (Wildman–Crippen LogP) is 3.11. The molecule has 0 heterocycles. The third kappa shape index (κ3) is 3.61. The van der Waals surface area contributed by atoms with Crippen LogP contribution in [0.3, 0.4) is 0 Å². The Balaban J connectivity index is 2.91. The molecule has 0 spiro atoms. The quantitative estimate of drug-likeness (QED) is 0.476. The molecule has 0 amide bonds. The van der Waals surface area contributed by atoms with Crippen LogP contribution in [-0.4, -0.2) is 18.0 Å². The molecule has 0 fully saturated rings. The summed E-state index contributed by atoms with van der Waals surface area (Å²) in [6.45, 7) is 0. The summed E-state index contributed by atoms with van der Waals surface area (Å²) in [6, 6.07) is 3.28. The maximum Gasteiger partial charge on any atom is 0.416 e. The average molecular weight is 266 g/mol. The molecular formula is C11H7F5O2. The largest absolute Gasteiger partial charge is 0.416 e. The highest BCUT2D eigenvalue weighted by Crippen LogP contribution is 2.29. The highest BCUT2D eigenvalue weighted by Gasteiger charge is 2.31. The van der Waals surface area contributed by atoms with Crippen LogP contribution in [0.1, 0.15) is 22.3 Å². The monoisotopic (exact) mass is 266 g/mol. The van der Waals surface area contributed by atoms with Crippen LogP contribution in [0.4, 0.5) is 22.0 Å². The van der Waals surface area contributed by atoms with Crippen LogP contribution < -0.4 is 0 Å². The zero-order valence-corrected chi connectivity index (χ0v) is 8.80. The van der Waals surface area contributed by atoms with Crippen LogP contribution in [0.2, 0.25) is 0 Å². The molecule has 0 N–H and O–H groups in total. The van der Waals surface area contributed by atoms with Gasteiger partial charge in [0, 0.05) is 5.56 Å². The Morgan fingerprint density at radius 3 is 2.28 bits per heavy atom. The minimum absolute atomic E-state index is 0.418. The molecule has 2 nitrogen and oxygen atoms in total. The van der Waals surface area contributed by atoms with Crippen LogP contribution >= 0.6 is 0 Å². The maximum absolute atomic E-state index is 12.3. The predicted molar refractivity (Wildman–Crippen MR) is 51.4 cm³/mol. The van der Waals surface area contributed by atoms with Crippen LogP contribution in [0.5, 0.6) is 0 Å². The number of hydrogen-bond donors (Lipinski definition) is 0. The van der Waals surface area contributed by atoms with Gasteiger partial charge in [-0.05, 0) is 12.1 Å². The summed E-state index contributed by atoms with van der Waals surface area (Å²) in [7, 11) is 0. The lowest BCUT2D eigenvalue weighted by atomic mass is 10.0. The number of halogens is 5. The number of benzene rings is 1. The third-order valence-electron chi connectivity index (χ3n) is 2.09. The van der Waals surface area contributed by atoms with Gasteiger partial charge in [-0.2, -0.15) is 13.2 Å². The van der Waals surface area contributed by atoms with Crippen LogP contribution in [-0.2, 0) is 11.0 Å². The van der Waals surface area contributed by atoms with Crippen molar-refractivity contribution < 1.29 is 31.5 Å². The molecule has 0 aliphatic heterocycles. The molecule has 18 heavy (non-hydrogen) atoms. The molecule has 7 heteroatoms. The van der Waals surface area contributed by atoms with E-state index in [9.17, 15) is 31.5 Å². The topological polar surface area (TPSA) is 34.1 Å². The molecule has 0 saturated carbocycles. The fraction of sp³-hybridized carbons (Fsp3) is 0.273. The van der Waals surface area contributed by atoms with E-state index in [4.69, 9.17) is 0 Å². The summed E-state index contributed by atoms with van der Waals surface area (Å²) in [6.07, 6.45) is -9.05. The minimum atomic E-state index is -4.64. The zero-order valence-electron chi connectivity index (χ0n) is 8.80. The van der Waals surface area contributed by atoms with Crippen molar-refractivity contribution in [3.8, 4) is 0 Å². The minimum Gasteiger partial charge on any atom is -0.294 e. The third-order valence-corrected chi connectivity index (χ3v) is 2.09. The molecule has 0 radical (unpaired) electrons. The highest BCUT2D eigenvalue weighted by atomic mass is 19.4. The second kappa shape index (κ2) is 5.24. The van der Waals surface area contributed by atoms with Gasteiger partial charge >= 0.3 is 6.18 Å². The van der Waals surface area contributed by atoms with Crippen molar-refractivity contribution in [3.63, 3.8) is 0 Å². The van der Waals surface area contributed by atoms with Gasteiger partial charge < -0.3 is 0 Å². The molecule has 0 aromatic heterocycles. The Kier molecular flexibility index (Phi) is 4.15. The smallest absolute Gasteiger partial charge is 0.294 e. The molecular weight excluding hydrogens is 259 g/mol. The summed E-state index contributed by atoms with van der Waals surface area (Å²) >= 11 is 0. The molecule has 0 aliphatic carbocycles. The first-order valence-electron chi connectivity index (χ1n) is 4.73. The van der Waals surface area contributed by atoms with Crippen LogP contribution in [0, 0.1) is 0 Å². The Bertz CT molecular complexity index is 465. The van der Waals surface area contributed by atoms with Crippen molar-refractivity contribution in [1.29, 1.82) is 0 Å². The first-order valence-corrected chi connectivity index (χ1v) is 4.73. The molecule has 1 aromatic rings. The van der Waals surface area contributed by atoms with Crippen LogP contribution in [0.15, 0.2) is 24.3 Å². The van der Waals surface area contributed by atoms with Crippen molar-refractivity contribution in [1.82, 2.24) is 0 Å². The van der Waals surface area contributed by atoms with E-state index in [1.807, 2.05) is 0 Å². The van der Waals surface area contributed by atoms with Gasteiger partial charge in [-0.3, -0.25) is 9.59 Å². The molecule has 1 rings (SSSR count). The molecule has 0 aliphatic rings. The number of rotatable bonds is 4. The van der Waals surface area contributed by atoms with Gasteiger partial charge in [0.05, 0.1) is 12.0 Å². The van der Waals surface area contributed by atoms with E-state index in [0.717, 1.165) is 18.2 Å². The zero-order chi connectivity index (χ0) is 13.9. The normalized spacial score (nSPS) is 11.7. The summed E-state index contributed by atoms with van der Waals surface area (Å²) in [4.78, 5) is 21.9. The summed E-state index contributed by atoms with van der Waals surface area (Å²) in [5.74, 6) is -2.68. The maximum atomic E-state index is 12.3. The van der Waals surface area contributed by atoms with Gasteiger partial charge in [-0.25, -0.2) is 8.78 Å². The number of carbonyl (C=O) groups excluding carboxylic acids is 2. The summed E-state index contributed by atoms with van der Waals surface area (Å²) in [5.41, 5.74) is -1.49. The van der Waals surface area contributed by atoms with Gasteiger partial charge in [-0.1, -0.05) is 12.1 Å². The van der Waals surface area contributed by atoms with Gasteiger partial charge in [0.1, 0.15) is 0 Å². The van der Waals surface area contributed by atoms with E-state index in [2.05, 4.69) is 0 Å². The fourth-order valence-electron chi connectivity index (χ4n) is 1.21. The van der Waals surface area contributed by atoms with Crippen molar-refractivity contribution in [2.75, 3.05) is 0 Å². The first-order chi connectivity index (χ1) is 8.21. The number of carbonyl (C=O) groups is 2.